The normalized spacial score (nSPS) is 20.1. The molecule has 2 aliphatic rings. The number of aryl methyl sites for hydroxylation is 1. The van der Waals surface area contributed by atoms with Crippen molar-refractivity contribution >= 4 is 27.3 Å². The highest BCUT2D eigenvalue weighted by Gasteiger charge is 2.33. The highest BCUT2D eigenvalue weighted by Crippen LogP contribution is 2.27. The predicted molar refractivity (Wildman–Crippen MR) is 107 cm³/mol. The van der Waals surface area contributed by atoms with Crippen LogP contribution >= 0.6 is 0 Å². The molecule has 3 rings (SSSR count). The lowest BCUT2D eigenvalue weighted by atomic mass is 10.0. The Hall–Kier alpha value is -2.35. The molecule has 28 heavy (non-hydrogen) atoms. The van der Waals surface area contributed by atoms with Gasteiger partial charge in [0.25, 0.3) is 0 Å². The zero-order valence-electron chi connectivity index (χ0n) is 15.9. The molecule has 1 aromatic rings. The second kappa shape index (κ2) is 8.77. The van der Waals surface area contributed by atoms with Crippen LogP contribution in [0.25, 0.3) is 0 Å². The van der Waals surface area contributed by atoms with Crippen LogP contribution in [0.4, 0.5) is 5.69 Å². The first-order chi connectivity index (χ1) is 13.4. The Balaban J connectivity index is 1.48. The van der Waals surface area contributed by atoms with Crippen molar-refractivity contribution in [1.29, 1.82) is 0 Å². The van der Waals surface area contributed by atoms with Gasteiger partial charge in [0.05, 0.1) is 18.1 Å². The van der Waals surface area contributed by atoms with Crippen molar-refractivity contribution < 1.29 is 22.7 Å². The third-order valence-electron chi connectivity index (χ3n) is 5.07. The van der Waals surface area contributed by atoms with Gasteiger partial charge >= 0.3 is 0 Å². The summed E-state index contributed by atoms with van der Waals surface area (Å²) in [5.74, 6) is 0.847. The maximum absolute atomic E-state index is 12.6. The molecule has 0 aromatic heterocycles. The molecule has 1 unspecified atom stereocenters. The summed E-state index contributed by atoms with van der Waals surface area (Å²) in [5, 5.41) is 2.83. The van der Waals surface area contributed by atoms with Crippen molar-refractivity contribution in [1.82, 2.24) is 4.90 Å². The third kappa shape index (κ3) is 5.13. The van der Waals surface area contributed by atoms with E-state index in [0.717, 1.165) is 11.3 Å². The van der Waals surface area contributed by atoms with E-state index in [1.165, 1.54) is 0 Å². The van der Waals surface area contributed by atoms with Gasteiger partial charge in [-0.3, -0.25) is 9.59 Å². The van der Waals surface area contributed by atoms with E-state index < -0.39 is 9.84 Å². The molecule has 0 spiro atoms. The van der Waals surface area contributed by atoms with E-state index >= 15 is 0 Å². The average Bonchev–Trinajstić information content (AvgIpc) is 3.02. The monoisotopic (exact) mass is 406 g/mol. The lowest BCUT2D eigenvalue weighted by molar-refractivity contribution is -0.132. The highest BCUT2D eigenvalue weighted by atomic mass is 32.2. The summed E-state index contributed by atoms with van der Waals surface area (Å²) in [7, 11) is -3.04. The zero-order valence-corrected chi connectivity index (χ0v) is 16.7. The molecule has 1 fully saturated rings. The van der Waals surface area contributed by atoms with Crippen molar-refractivity contribution in [3.05, 3.63) is 36.4 Å². The van der Waals surface area contributed by atoms with Crippen LogP contribution in [-0.2, 0) is 25.8 Å². The summed E-state index contributed by atoms with van der Waals surface area (Å²) in [5.41, 5.74) is 1.87. The fourth-order valence-electron chi connectivity index (χ4n) is 3.62. The Morgan fingerprint density at radius 3 is 2.89 bits per heavy atom. The van der Waals surface area contributed by atoms with E-state index in [2.05, 4.69) is 11.9 Å². The minimum atomic E-state index is -3.04. The summed E-state index contributed by atoms with van der Waals surface area (Å²) >= 11 is 0. The molecule has 0 saturated carbocycles. The number of fused-ring (bicyclic) bond motifs is 1. The summed E-state index contributed by atoms with van der Waals surface area (Å²) < 4.78 is 29.2. The van der Waals surface area contributed by atoms with Crippen molar-refractivity contribution in [2.75, 3.05) is 30.0 Å². The number of rotatable bonds is 8. The number of nitrogens with zero attached hydrogens (tertiary/aromatic N) is 1. The van der Waals surface area contributed by atoms with Crippen LogP contribution < -0.4 is 10.1 Å². The quantitative estimate of drug-likeness (QED) is 0.526. The number of benzene rings is 1. The number of carbonyl (C=O) groups is 2. The Bertz CT molecular complexity index is 865. The van der Waals surface area contributed by atoms with Gasteiger partial charge in [0.15, 0.2) is 9.84 Å². The average molecular weight is 407 g/mol. The molecule has 1 atom stereocenters. The van der Waals surface area contributed by atoms with E-state index in [0.29, 0.717) is 51.0 Å². The molecule has 0 radical (unpaired) electrons. The van der Waals surface area contributed by atoms with E-state index in [1.54, 1.807) is 17.0 Å². The van der Waals surface area contributed by atoms with Gasteiger partial charge < -0.3 is 15.0 Å². The second-order valence-electron chi connectivity index (χ2n) is 7.21. The first kappa shape index (κ1) is 20.4. The van der Waals surface area contributed by atoms with Crippen LogP contribution in [0.15, 0.2) is 30.9 Å². The van der Waals surface area contributed by atoms with Gasteiger partial charge in [-0.25, -0.2) is 8.42 Å². The SMILES string of the molecule is C=CCN(C(=O)CCCOc1ccc2c(c1)CCC(=O)N2)C1CCS(=O)(=O)C1. The molecule has 1 N–H and O–H groups in total. The van der Waals surface area contributed by atoms with Gasteiger partial charge in [-0.2, -0.15) is 0 Å². The highest BCUT2D eigenvalue weighted by molar-refractivity contribution is 7.91. The van der Waals surface area contributed by atoms with Crippen molar-refractivity contribution in [2.24, 2.45) is 0 Å². The van der Waals surface area contributed by atoms with Crippen LogP contribution in [0.3, 0.4) is 0 Å². The molecule has 7 nitrogen and oxygen atoms in total. The number of hydrogen-bond donors (Lipinski definition) is 1. The summed E-state index contributed by atoms with van der Waals surface area (Å²) in [4.78, 5) is 25.6. The van der Waals surface area contributed by atoms with Crippen LogP contribution in [0.5, 0.6) is 5.75 Å². The molecule has 2 amide bonds. The number of ether oxygens (including phenoxy) is 1. The van der Waals surface area contributed by atoms with Crippen molar-refractivity contribution in [3.63, 3.8) is 0 Å². The fraction of sp³-hybridized carbons (Fsp3) is 0.500. The predicted octanol–water partition coefficient (Wildman–Crippen LogP) is 1.93. The smallest absolute Gasteiger partial charge is 0.224 e. The second-order valence-corrected chi connectivity index (χ2v) is 9.44. The van der Waals surface area contributed by atoms with Gasteiger partial charge in [0.2, 0.25) is 11.8 Å². The number of hydrogen-bond acceptors (Lipinski definition) is 5. The number of nitrogens with one attached hydrogen (secondary N) is 1. The molecule has 2 heterocycles. The number of anilines is 1. The third-order valence-corrected chi connectivity index (χ3v) is 6.82. The Kier molecular flexibility index (Phi) is 6.39. The van der Waals surface area contributed by atoms with Gasteiger partial charge in [0, 0.05) is 31.1 Å². The van der Waals surface area contributed by atoms with E-state index in [4.69, 9.17) is 4.74 Å². The van der Waals surface area contributed by atoms with Gasteiger partial charge in [-0.05, 0) is 43.0 Å². The van der Waals surface area contributed by atoms with Crippen LogP contribution in [0, 0.1) is 0 Å². The van der Waals surface area contributed by atoms with Gasteiger partial charge in [-0.15, -0.1) is 6.58 Å². The van der Waals surface area contributed by atoms with Crippen molar-refractivity contribution in [3.8, 4) is 5.75 Å². The molecule has 8 heteroatoms. The number of carbonyl (C=O) groups excluding carboxylic acids is 2. The minimum Gasteiger partial charge on any atom is -0.494 e. The molecule has 0 aliphatic carbocycles. The number of amides is 2. The summed E-state index contributed by atoms with van der Waals surface area (Å²) in [6.07, 6.45) is 4.12. The lowest BCUT2D eigenvalue weighted by Gasteiger charge is -2.27. The summed E-state index contributed by atoms with van der Waals surface area (Å²) in [6.45, 7) is 4.42. The maximum atomic E-state index is 12.6. The summed E-state index contributed by atoms with van der Waals surface area (Å²) in [6, 6.07) is 5.30. The van der Waals surface area contributed by atoms with Crippen LogP contribution in [0.2, 0.25) is 0 Å². The van der Waals surface area contributed by atoms with E-state index in [1.807, 2.05) is 12.1 Å². The topological polar surface area (TPSA) is 92.8 Å². The molecule has 0 bridgehead atoms. The first-order valence-electron chi connectivity index (χ1n) is 9.54. The zero-order chi connectivity index (χ0) is 20.1. The molecular formula is C20H26N2O5S. The Morgan fingerprint density at radius 1 is 1.36 bits per heavy atom. The fourth-order valence-corrected chi connectivity index (χ4v) is 5.35. The molecule has 1 saturated heterocycles. The Morgan fingerprint density at radius 2 is 2.18 bits per heavy atom. The van der Waals surface area contributed by atoms with Gasteiger partial charge in [0.1, 0.15) is 5.75 Å². The number of sulfone groups is 1. The van der Waals surface area contributed by atoms with E-state index in [-0.39, 0.29) is 29.4 Å². The molecule has 2 aliphatic heterocycles. The van der Waals surface area contributed by atoms with Crippen molar-refractivity contribution in [2.45, 2.75) is 38.1 Å². The first-order valence-corrected chi connectivity index (χ1v) is 11.4. The minimum absolute atomic E-state index is 0.0267. The van der Waals surface area contributed by atoms with Crippen LogP contribution in [0.1, 0.15) is 31.2 Å². The molecule has 1 aromatic carbocycles. The molecular weight excluding hydrogens is 380 g/mol. The maximum Gasteiger partial charge on any atom is 0.224 e. The Labute approximate surface area is 165 Å². The molecule has 152 valence electrons. The largest absolute Gasteiger partial charge is 0.494 e. The van der Waals surface area contributed by atoms with Gasteiger partial charge in [-0.1, -0.05) is 6.08 Å². The lowest BCUT2D eigenvalue weighted by Crippen LogP contribution is -2.41. The standard InChI is InChI=1S/C20H26N2O5S/c1-2-10-22(16-9-12-28(25,26)14-16)20(24)4-3-11-27-17-6-7-18-15(13-17)5-8-19(23)21-18/h2,6-7,13,16H,1,3-5,8-12,14H2,(H,21,23). The van der Waals surface area contributed by atoms with E-state index in [9.17, 15) is 18.0 Å². The van der Waals surface area contributed by atoms with Crippen LogP contribution in [-0.4, -0.2) is 55.8 Å².